The third-order valence-electron chi connectivity index (χ3n) is 2.53. The molecule has 2 rings (SSSR count). The van der Waals surface area contributed by atoms with E-state index >= 15 is 0 Å². The molecular weight excluding hydrogens is 272 g/mol. The summed E-state index contributed by atoms with van der Waals surface area (Å²) in [6.45, 7) is 2.44. The van der Waals surface area contributed by atoms with Gasteiger partial charge in [0.15, 0.2) is 0 Å². The van der Waals surface area contributed by atoms with Gasteiger partial charge < -0.3 is 10.1 Å². The van der Waals surface area contributed by atoms with Crippen molar-refractivity contribution in [3.63, 3.8) is 0 Å². The summed E-state index contributed by atoms with van der Waals surface area (Å²) in [5, 5.41) is 6.55. The van der Waals surface area contributed by atoms with Gasteiger partial charge in [0.05, 0.1) is 18.3 Å². The van der Waals surface area contributed by atoms with E-state index in [0.717, 1.165) is 11.6 Å². The maximum atomic E-state index is 12.0. The molecule has 1 amide bonds. The first-order valence-corrected chi connectivity index (χ1v) is 7.28. The van der Waals surface area contributed by atoms with Crippen LogP contribution in [-0.2, 0) is 4.79 Å². The molecule has 1 unspecified atom stereocenters. The highest BCUT2D eigenvalue weighted by Gasteiger charge is 2.23. The van der Waals surface area contributed by atoms with E-state index in [2.05, 4.69) is 10.6 Å². The number of hydrogen-bond donors (Lipinski definition) is 2. The van der Waals surface area contributed by atoms with Crippen LogP contribution in [-0.4, -0.2) is 30.2 Å². The molecule has 1 aliphatic rings. The molecule has 0 aromatic heterocycles. The lowest BCUT2D eigenvalue weighted by Crippen LogP contribution is -2.37. The van der Waals surface area contributed by atoms with Crippen LogP contribution in [0.5, 0.6) is 5.75 Å². The smallest absolute Gasteiger partial charge is 0.242 e. The second kappa shape index (κ2) is 6.31. The molecular formula is C12H15ClN2O2S. The predicted molar refractivity (Wildman–Crippen MR) is 75.5 cm³/mol. The summed E-state index contributed by atoms with van der Waals surface area (Å²) in [4.78, 5) is 12.0. The summed E-state index contributed by atoms with van der Waals surface area (Å²) in [5.41, 5.74) is 0.619. The summed E-state index contributed by atoms with van der Waals surface area (Å²) < 4.78 is 5.46. The molecule has 1 aromatic carbocycles. The van der Waals surface area contributed by atoms with Crippen LogP contribution in [0, 0.1) is 0 Å². The van der Waals surface area contributed by atoms with Crippen molar-refractivity contribution in [3.8, 4) is 5.75 Å². The molecule has 1 saturated heterocycles. The van der Waals surface area contributed by atoms with Crippen molar-refractivity contribution in [1.29, 1.82) is 0 Å². The van der Waals surface area contributed by atoms with Crippen LogP contribution in [0.2, 0.25) is 5.02 Å². The third kappa shape index (κ3) is 3.31. The summed E-state index contributed by atoms with van der Waals surface area (Å²) in [7, 11) is 0. The molecule has 1 fully saturated rings. The normalized spacial score (nSPS) is 18.7. The van der Waals surface area contributed by atoms with Crippen LogP contribution in [0.3, 0.4) is 0 Å². The van der Waals surface area contributed by atoms with Gasteiger partial charge in [0.2, 0.25) is 5.91 Å². The minimum Gasteiger partial charge on any atom is -0.492 e. The van der Waals surface area contributed by atoms with E-state index in [4.69, 9.17) is 16.3 Å². The Bertz CT molecular complexity index is 436. The summed E-state index contributed by atoms with van der Waals surface area (Å²) in [6, 6.07) is 5.06. The molecule has 1 atom stereocenters. The second-order valence-corrected chi connectivity index (χ2v) is 5.30. The number of amides is 1. The fraction of sp³-hybridized carbons (Fsp3) is 0.417. The highest BCUT2D eigenvalue weighted by atomic mass is 35.5. The number of hydrogen-bond acceptors (Lipinski definition) is 4. The Hall–Kier alpha value is -0.910. The van der Waals surface area contributed by atoms with E-state index in [9.17, 15) is 4.79 Å². The summed E-state index contributed by atoms with van der Waals surface area (Å²) in [6.07, 6.45) is 0. The first-order chi connectivity index (χ1) is 8.70. The number of benzene rings is 1. The number of rotatable bonds is 4. The molecule has 6 heteroatoms. The number of anilines is 1. The monoisotopic (exact) mass is 286 g/mol. The topological polar surface area (TPSA) is 50.4 Å². The van der Waals surface area contributed by atoms with Crippen LogP contribution >= 0.6 is 23.4 Å². The molecule has 0 bridgehead atoms. The molecule has 0 saturated carbocycles. The first-order valence-electron chi connectivity index (χ1n) is 5.75. The lowest BCUT2D eigenvalue weighted by Gasteiger charge is -2.14. The van der Waals surface area contributed by atoms with E-state index in [1.165, 1.54) is 0 Å². The molecule has 98 valence electrons. The number of halogens is 1. The molecule has 1 heterocycles. The number of thioether (sulfide) groups is 1. The van der Waals surface area contributed by atoms with Gasteiger partial charge in [-0.05, 0) is 25.1 Å². The van der Waals surface area contributed by atoms with Crippen LogP contribution < -0.4 is 15.4 Å². The van der Waals surface area contributed by atoms with Gasteiger partial charge in [0, 0.05) is 16.7 Å². The van der Waals surface area contributed by atoms with Gasteiger partial charge in [0.1, 0.15) is 5.75 Å². The van der Waals surface area contributed by atoms with Crippen LogP contribution in [0.15, 0.2) is 18.2 Å². The van der Waals surface area contributed by atoms with Crippen molar-refractivity contribution in [2.24, 2.45) is 0 Å². The molecule has 0 radical (unpaired) electrons. The standard InChI is InChI=1S/C12H15ClN2O2S/c1-2-17-11-4-3-8(13)5-9(11)15-12(16)10-6-18-7-14-10/h3-5,10,14H,2,6-7H2,1H3,(H,15,16). The highest BCUT2D eigenvalue weighted by Crippen LogP contribution is 2.28. The van der Waals surface area contributed by atoms with Crippen LogP contribution in [0.1, 0.15) is 6.92 Å². The van der Waals surface area contributed by atoms with Crippen molar-refractivity contribution in [2.45, 2.75) is 13.0 Å². The zero-order valence-electron chi connectivity index (χ0n) is 10.0. The fourth-order valence-electron chi connectivity index (χ4n) is 1.66. The van der Waals surface area contributed by atoms with Gasteiger partial charge in [-0.1, -0.05) is 11.6 Å². The average Bonchev–Trinajstić information content (AvgIpc) is 2.86. The molecule has 4 nitrogen and oxygen atoms in total. The molecule has 1 aliphatic heterocycles. The molecule has 1 aromatic rings. The van der Waals surface area contributed by atoms with E-state index in [-0.39, 0.29) is 11.9 Å². The Balaban J connectivity index is 2.11. The molecule has 0 aliphatic carbocycles. The highest BCUT2D eigenvalue weighted by molar-refractivity contribution is 7.99. The Labute approximate surface area is 115 Å². The number of carbonyl (C=O) groups excluding carboxylic acids is 1. The van der Waals surface area contributed by atoms with Crippen LogP contribution in [0.4, 0.5) is 5.69 Å². The lowest BCUT2D eigenvalue weighted by molar-refractivity contribution is -0.117. The van der Waals surface area contributed by atoms with Gasteiger partial charge in [-0.2, -0.15) is 0 Å². The zero-order valence-corrected chi connectivity index (χ0v) is 11.6. The number of carbonyl (C=O) groups is 1. The second-order valence-electron chi connectivity index (χ2n) is 3.83. The summed E-state index contributed by atoms with van der Waals surface area (Å²) >= 11 is 7.64. The Kier molecular flexibility index (Phi) is 4.74. The van der Waals surface area contributed by atoms with Gasteiger partial charge in [-0.15, -0.1) is 11.8 Å². The lowest BCUT2D eigenvalue weighted by atomic mass is 10.2. The van der Waals surface area contributed by atoms with Crippen molar-refractivity contribution in [3.05, 3.63) is 23.2 Å². The average molecular weight is 287 g/mol. The summed E-state index contributed by atoms with van der Waals surface area (Å²) in [5.74, 6) is 2.19. The zero-order chi connectivity index (χ0) is 13.0. The molecule has 18 heavy (non-hydrogen) atoms. The minimum absolute atomic E-state index is 0.0526. The van der Waals surface area contributed by atoms with Crippen molar-refractivity contribution < 1.29 is 9.53 Å². The van der Waals surface area contributed by atoms with Gasteiger partial charge in [-0.3, -0.25) is 10.1 Å². The predicted octanol–water partition coefficient (Wildman–Crippen LogP) is 2.34. The number of ether oxygens (including phenoxy) is 1. The van der Waals surface area contributed by atoms with E-state index in [1.807, 2.05) is 6.92 Å². The maximum absolute atomic E-state index is 12.0. The Morgan fingerprint density at radius 3 is 3.17 bits per heavy atom. The molecule has 0 spiro atoms. The van der Waals surface area contributed by atoms with Crippen LogP contribution in [0.25, 0.3) is 0 Å². The first kappa shape index (κ1) is 13.5. The third-order valence-corrected chi connectivity index (χ3v) is 3.71. The number of nitrogens with one attached hydrogen (secondary N) is 2. The van der Waals surface area contributed by atoms with E-state index in [1.54, 1.807) is 30.0 Å². The molecule has 2 N–H and O–H groups in total. The van der Waals surface area contributed by atoms with Gasteiger partial charge in [-0.25, -0.2) is 0 Å². The van der Waals surface area contributed by atoms with E-state index in [0.29, 0.717) is 23.1 Å². The van der Waals surface area contributed by atoms with Crippen molar-refractivity contribution in [2.75, 3.05) is 23.6 Å². The maximum Gasteiger partial charge on any atom is 0.242 e. The Morgan fingerprint density at radius 1 is 1.67 bits per heavy atom. The quantitative estimate of drug-likeness (QED) is 0.892. The van der Waals surface area contributed by atoms with Crippen molar-refractivity contribution in [1.82, 2.24) is 5.32 Å². The van der Waals surface area contributed by atoms with Gasteiger partial charge >= 0.3 is 0 Å². The largest absolute Gasteiger partial charge is 0.492 e. The fourth-order valence-corrected chi connectivity index (χ4v) is 2.78. The van der Waals surface area contributed by atoms with Crippen molar-refractivity contribution >= 4 is 35.0 Å². The van der Waals surface area contributed by atoms with E-state index < -0.39 is 0 Å². The van der Waals surface area contributed by atoms with Gasteiger partial charge in [0.25, 0.3) is 0 Å². The Morgan fingerprint density at radius 2 is 2.50 bits per heavy atom. The minimum atomic E-state index is -0.150. The SMILES string of the molecule is CCOc1ccc(Cl)cc1NC(=O)C1CSCN1.